The molecule has 0 aromatic carbocycles. The number of halogens is 1. The molecule has 2 N–H and O–H groups in total. The Morgan fingerprint density at radius 1 is 1.26 bits per heavy atom. The summed E-state index contributed by atoms with van der Waals surface area (Å²) in [5.74, 6) is 1.58. The average molecular weight is 433 g/mol. The van der Waals surface area contributed by atoms with Crippen LogP contribution >= 0.6 is 24.0 Å². The summed E-state index contributed by atoms with van der Waals surface area (Å²) in [6.07, 6.45) is 3.93. The molecule has 0 radical (unpaired) electrons. The number of guanidine groups is 1. The van der Waals surface area contributed by atoms with Crippen LogP contribution in [0, 0.1) is 0 Å². The smallest absolute Gasteiger partial charge is 0.225 e. The number of hydrogen-bond acceptors (Lipinski definition) is 5. The van der Waals surface area contributed by atoms with Crippen LogP contribution in [-0.2, 0) is 4.79 Å². The van der Waals surface area contributed by atoms with Gasteiger partial charge < -0.3 is 20.4 Å². The van der Waals surface area contributed by atoms with Crippen LogP contribution in [0.1, 0.15) is 6.42 Å². The van der Waals surface area contributed by atoms with Crippen LogP contribution in [0.2, 0.25) is 0 Å². The molecule has 1 saturated heterocycles. The zero-order valence-electron chi connectivity index (χ0n) is 13.5. The second-order valence-corrected chi connectivity index (χ2v) is 4.92. The van der Waals surface area contributed by atoms with Crippen molar-refractivity contribution in [1.29, 1.82) is 0 Å². The van der Waals surface area contributed by atoms with Gasteiger partial charge in [-0.25, -0.2) is 9.97 Å². The second-order valence-electron chi connectivity index (χ2n) is 4.92. The van der Waals surface area contributed by atoms with Gasteiger partial charge in [0.05, 0.1) is 0 Å². The van der Waals surface area contributed by atoms with E-state index >= 15 is 0 Å². The molecule has 0 saturated carbocycles. The zero-order valence-corrected chi connectivity index (χ0v) is 15.9. The van der Waals surface area contributed by atoms with Gasteiger partial charge in [-0.15, -0.1) is 24.0 Å². The molecule has 1 aromatic heterocycles. The Balaban J connectivity index is 0.00000264. The van der Waals surface area contributed by atoms with Crippen molar-refractivity contribution < 1.29 is 4.79 Å². The lowest BCUT2D eigenvalue weighted by molar-refractivity contribution is -0.131. The molecule has 1 aliphatic heterocycles. The van der Waals surface area contributed by atoms with Crippen LogP contribution in [0.25, 0.3) is 0 Å². The molecule has 0 atom stereocenters. The lowest BCUT2D eigenvalue weighted by Gasteiger charge is -2.34. The number of aromatic nitrogens is 2. The van der Waals surface area contributed by atoms with E-state index < -0.39 is 0 Å². The first kappa shape index (κ1) is 19.4. The number of aliphatic imine (C=N–C) groups is 1. The number of nitrogens with one attached hydrogen (secondary N) is 2. The van der Waals surface area contributed by atoms with Gasteiger partial charge in [-0.3, -0.25) is 9.79 Å². The van der Waals surface area contributed by atoms with E-state index in [1.54, 1.807) is 32.6 Å². The van der Waals surface area contributed by atoms with Gasteiger partial charge in [-0.2, -0.15) is 0 Å². The van der Waals surface area contributed by atoms with Gasteiger partial charge in [0, 0.05) is 65.6 Å². The summed E-state index contributed by atoms with van der Waals surface area (Å²) in [5, 5.41) is 6.01. The van der Waals surface area contributed by atoms with E-state index in [0.717, 1.165) is 19.0 Å². The second kappa shape index (κ2) is 10.2. The monoisotopic (exact) mass is 433 g/mol. The summed E-state index contributed by atoms with van der Waals surface area (Å²) in [7, 11) is 3.49. The third-order valence-electron chi connectivity index (χ3n) is 3.56. The van der Waals surface area contributed by atoms with E-state index in [1.807, 2.05) is 4.90 Å². The quantitative estimate of drug-likeness (QED) is 0.393. The largest absolute Gasteiger partial charge is 0.359 e. The fourth-order valence-corrected chi connectivity index (χ4v) is 2.34. The minimum absolute atomic E-state index is 0. The van der Waals surface area contributed by atoms with Gasteiger partial charge >= 0.3 is 0 Å². The molecule has 1 amide bonds. The number of anilines is 1. The molecule has 1 aromatic rings. The Kier molecular flexibility index (Phi) is 8.59. The van der Waals surface area contributed by atoms with Crippen LogP contribution in [-0.4, -0.2) is 73.6 Å². The molecule has 1 aliphatic rings. The standard InChI is InChI=1S/C14H23N7O.HI/c1-15-13(16-2)17-7-4-12(22)20-8-10-21(11-9-20)14-18-5-3-6-19-14;/h3,5-6H,4,7-11H2,1-2H3,(H2,15,16,17);1H. The van der Waals surface area contributed by atoms with Gasteiger partial charge in [0.25, 0.3) is 0 Å². The van der Waals surface area contributed by atoms with Gasteiger partial charge in [0.15, 0.2) is 5.96 Å². The van der Waals surface area contributed by atoms with E-state index in [0.29, 0.717) is 32.0 Å². The van der Waals surface area contributed by atoms with Crippen molar-refractivity contribution in [3.63, 3.8) is 0 Å². The summed E-state index contributed by atoms with van der Waals surface area (Å²) in [6.45, 7) is 3.52. The van der Waals surface area contributed by atoms with Crippen LogP contribution in [0.5, 0.6) is 0 Å². The summed E-state index contributed by atoms with van der Waals surface area (Å²) >= 11 is 0. The molecule has 9 heteroatoms. The summed E-state index contributed by atoms with van der Waals surface area (Å²) in [4.78, 5) is 28.7. The average Bonchev–Trinajstić information content (AvgIpc) is 2.59. The number of carbonyl (C=O) groups excluding carboxylic acids is 1. The van der Waals surface area contributed by atoms with E-state index in [9.17, 15) is 4.79 Å². The van der Waals surface area contributed by atoms with Crippen molar-refractivity contribution in [1.82, 2.24) is 25.5 Å². The number of rotatable bonds is 4. The lowest BCUT2D eigenvalue weighted by atomic mass is 10.3. The van der Waals surface area contributed by atoms with E-state index in [-0.39, 0.29) is 29.9 Å². The first-order valence-electron chi connectivity index (χ1n) is 7.42. The number of amides is 1. The van der Waals surface area contributed by atoms with Crippen molar-refractivity contribution in [3.8, 4) is 0 Å². The molecule has 2 rings (SSSR count). The predicted octanol–water partition coefficient (Wildman–Crippen LogP) is -0.0719. The molecule has 2 heterocycles. The molecule has 23 heavy (non-hydrogen) atoms. The molecule has 8 nitrogen and oxygen atoms in total. The molecule has 1 fully saturated rings. The number of carbonyl (C=O) groups is 1. The highest BCUT2D eigenvalue weighted by Gasteiger charge is 2.21. The summed E-state index contributed by atoms with van der Waals surface area (Å²) in [5.41, 5.74) is 0. The summed E-state index contributed by atoms with van der Waals surface area (Å²) < 4.78 is 0. The number of nitrogens with zero attached hydrogens (tertiary/aromatic N) is 5. The van der Waals surface area contributed by atoms with Crippen molar-refractivity contribution in [2.45, 2.75) is 6.42 Å². The molecular formula is C14H24IN7O. The van der Waals surface area contributed by atoms with Gasteiger partial charge in [0.1, 0.15) is 0 Å². The van der Waals surface area contributed by atoms with Crippen molar-refractivity contribution in [2.24, 2.45) is 4.99 Å². The summed E-state index contributed by atoms with van der Waals surface area (Å²) in [6, 6.07) is 1.80. The third-order valence-corrected chi connectivity index (χ3v) is 3.56. The van der Waals surface area contributed by atoms with Gasteiger partial charge in [-0.1, -0.05) is 0 Å². The molecule has 0 bridgehead atoms. The lowest BCUT2D eigenvalue weighted by Crippen LogP contribution is -2.49. The van der Waals surface area contributed by atoms with E-state index in [2.05, 4.69) is 30.5 Å². The number of hydrogen-bond donors (Lipinski definition) is 2. The SMILES string of the molecule is CN=C(NC)NCCC(=O)N1CCN(c2ncccn2)CC1.I. The highest BCUT2D eigenvalue weighted by molar-refractivity contribution is 14.0. The first-order valence-corrected chi connectivity index (χ1v) is 7.42. The van der Waals surface area contributed by atoms with Crippen LogP contribution in [0.4, 0.5) is 5.95 Å². The Labute approximate surface area is 153 Å². The number of piperazine rings is 1. The van der Waals surface area contributed by atoms with Crippen LogP contribution < -0.4 is 15.5 Å². The maximum Gasteiger partial charge on any atom is 0.225 e. The maximum atomic E-state index is 12.2. The van der Waals surface area contributed by atoms with Crippen molar-refractivity contribution >= 4 is 41.8 Å². The zero-order chi connectivity index (χ0) is 15.8. The predicted molar refractivity (Wildman–Crippen MR) is 101 cm³/mol. The Morgan fingerprint density at radius 3 is 2.48 bits per heavy atom. The molecule has 128 valence electrons. The van der Waals surface area contributed by atoms with Gasteiger partial charge in [0.2, 0.25) is 11.9 Å². The Morgan fingerprint density at radius 2 is 1.91 bits per heavy atom. The highest BCUT2D eigenvalue weighted by Crippen LogP contribution is 2.10. The fraction of sp³-hybridized carbons (Fsp3) is 0.571. The maximum absolute atomic E-state index is 12.2. The highest BCUT2D eigenvalue weighted by atomic mass is 127. The van der Waals surface area contributed by atoms with E-state index in [4.69, 9.17) is 0 Å². The minimum Gasteiger partial charge on any atom is -0.359 e. The molecular weight excluding hydrogens is 409 g/mol. The third kappa shape index (κ3) is 5.81. The van der Waals surface area contributed by atoms with Crippen molar-refractivity contribution in [3.05, 3.63) is 18.5 Å². The Bertz CT molecular complexity index is 503. The fourth-order valence-electron chi connectivity index (χ4n) is 2.34. The molecule has 0 aliphatic carbocycles. The van der Waals surface area contributed by atoms with Crippen molar-refractivity contribution in [2.75, 3.05) is 51.7 Å². The topological polar surface area (TPSA) is 85.8 Å². The Hall–Kier alpha value is -1.65. The normalized spacial score (nSPS) is 15.0. The molecule has 0 spiro atoms. The van der Waals surface area contributed by atoms with E-state index in [1.165, 1.54) is 0 Å². The minimum atomic E-state index is 0. The van der Waals surface area contributed by atoms with Gasteiger partial charge in [-0.05, 0) is 6.07 Å². The van der Waals surface area contributed by atoms with Crippen LogP contribution in [0.3, 0.4) is 0 Å². The first-order chi connectivity index (χ1) is 10.7. The van der Waals surface area contributed by atoms with Crippen LogP contribution in [0.15, 0.2) is 23.5 Å². The molecule has 0 unspecified atom stereocenters.